The summed E-state index contributed by atoms with van der Waals surface area (Å²) in [6.07, 6.45) is 2.34. The Bertz CT molecular complexity index is 83.7. The van der Waals surface area contributed by atoms with Crippen LogP contribution in [0.2, 0.25) is 0 Å². The Kier molecular flexibility index (Phi) is 2.00. The van der Waals surface area contributed by atoms with Crippen LogP contribution in [0, 0.1) is 0 Å². The molecule has 1 rings (SSSR count). The van der Waals surface area contributed by atoms with E-state index in [2.05, 4.69) is 4.51 Å². The van der Waals surface area contributed by atoms with Gasteiger partial charge in [-0.05, 0) is 18.6 Å². The van der Waals surface area contributed by atoms with E-state index in [-0.39, 0.29) is 0 Å². The summed E-state index contributed by atoms with van der Waals surface area (Å²) >= 11 is 6.94. The van der Waals surface area contributed by atoms with Crippen molar-refractivity contribution >= 4 is 28.6 Å². The third kappa shape index (κ3) is 1.35. The first-order valence-electron chi connectivity index (χ1n) is 2.24. The van der Waals surface area contributed by atoms with Gasteiger partial charge in [-0.2, -0.15) is 4.51 Å². The fourth-order valence-corrected chi connectivity index (χ4v) is 1.64. The third-order valence-electron chi connectivity index (χ3n) is 0.898. The minimum Gasteiger partial charge on any atom is -0.176 e. The van der Waals surface area contributed by atoms with Gasteiger partial charge in [-0.15, -0.1) is 11.8 Å². The molecular weight excluding hydrogens is 130 g/mol. The molecule has 40 valence electrons. The second-order valence-electron chi connectivity index (χ2n) is 1.43. The monoisotopic (exact) mass is 135 g/mol. The lowest BCUT2D eigenvalue weighted by atomic mass is 10.4. The molecule has 0 amide bonds. The van der Waals surface area contributed by atoms with Crippen LogP contribution in [0.15, 0.2) is 4.51 Å². The van der Waals surface area contributed by atoms with Crippen molar-refractivity contribution in [3.8, 4) is 0 Å². The number of nitrogens with zero attached hydrogens (tertiary/aromatic N) is 1. The maximum atomic E-state index is 5.17. The Morgan fingerprint density at radius 2 is 2.57 bits per heavy atom. The van der Waals surface area contributed by atoms with E-state index >= 15 is 0 Å². The molecule has 3 heteroatoms. The van der Waals surface area contributed by atoms with Crippen molar-refractivity contribution in [2.45, 2.75) is 12.8 Å². The van der Waals surface area contributed by atoms with Gasteiger partial charge in [0, 0.05) is 11.8 Å². The highest BCUT2D eigenvalue weighted by Crippen LogP contribution is 2.20. The zero-order chi connectivity index (χ0) is 5.11. The van der Waals surface area contributed by atoms with Gasteiger partial charge in [-0.1, -0.05) is 0 Å². The number of hydrogen-bond donors (Lipinski definition) is 0. The predicted octanol–water partition coefficient (Wildman–Crippen LogP) is 2.07. The second kappa shape index (κ2) is 2.58. The van der Waals surface area contributed by atoms with Crippen molar-refractivity contribution in [1.82, 2.24) is 0 Å². The fraction of sp³-hybridized carbons (Fsp3) is 0.750. The number of rotatable bonds is 0. The number of halogens is 1. The summed E-state index contributed by atoms with van der Waals surface area (Å²) in [5, 5.41) is 1.10. The molecule has 0 aromatic carbocycles. The van der Waals surface area contributed by atoms with E-state index in [4.69, 9.17) is 11.8 Å². The quantitative estimate of drug-likeness (QED) is 0.496. The zero-order valence-corrected chi connectivity index (χ0v) is 5.43. The van der Waals surface area contributed by atoms with E-state index in [1.807, 2.05) is 0 Å². The molecule has 1 aliphatic rings. The normalized spacial score (nSPS) is 26.7. The molecule has 0 aromatic heterocycles. The topological polar surface area (TPSA) is 12.4 Å². The first kappa shape index (κ1) is 5.45. The third-order valence-corrected chi connectivity index (χ3v) is 2.32. The van der Waals surface area contributed by atoms with Crippen LogP contribution in [0.4, 0.5) is 0 Å². The molecule has 7 heavy (non-hydrogen) atoms. The van der Waals surface area contributed by atoms with Crippen LogP contribution in [0.3, 0.4) is 0 Å². The Labute approximate surface area is 52.3 Å². The van der Waals surface area contributed by atoms with Crippen LogP contribution in [0.1, 0.15) is 12.8 Å². The molecule has 0 aromatic rings. The molecule has 0 radical (unpaired) electrons. The lowest BCUT2D eigenvalue weighted by molar-refractivity contribution is 1.05. The highest BCUT2D eigenvalue weighted by molar-refractivity contribution is 8.14. The fourth-order valence-electron chi connectivity index (χ4n) is 0.552. The molecule has 0 N–H and O–H groups in total. The van der Waals surface area contributed by atoms with Crippen molar-refractivity contribution in [2.75, 3.05) is 5.75 Å². The van der Waals surface area contributed by atoms with Crippen molar-refractivity contribution in [3.63, 3.8) is 0 Å². The minimum absolute atomic E-state index is 1.09. The van der Waals surface area contributed by atoms with Gasteiger partial charge in [-0.25, -0.2) is 0 Å². The summed E-state index contributed by atoms with van der Waals surface area (Å²) in [5.74, 6) is 1.20. The maximum absolute atomic E-state index is 5.17. The average Bonchev–Trinajstić information content (AvgIpc) is 2.14. The maximum Gasteiger partial charge on any atom is 0.0879 e. The Morgan fingerprint density at radius 1 is 1.71 bits per heavy atom. The molecule has 1 heterocycles. The SMILES string of the molecule is Cl/N=C1\CCCS1. The van der Waals surface area contributed by atoms with Gasteiger partial charge in [0.05, 0.1) is 5.04 Å². The lowest BCUT2D eigenvalue weighted by Crippen LogP contribution is -1.75. The summed E-state index contributed by atoms with van der Waals surface area (Å²) in [6.45, 7) is 0. The van der Waals surface area contributed by atoms with Crippen LogP contribution < -0.4 is 0 Å². The first-order chi connectivity index (χ1) is 3.43. The van der Waals surface area contributed by atoms with Gasteiger partial charge in [0.15, 0.2) is 0 Å². The van der Waals surface area contributed by atoms with Gasteiger partial charge in [0.25, 0.3) is 0 Å². The second-order valence-corrected chi connectivity index (χ2v) is 2.77. The smallest absolute Gasteiger partial charge is 0.0879 e. The van der Waals surface area contributed by atoms with Gasteiger partial charge in [0.1, 0.15) is 0 Å². The highest BCUT2D eigenvalue weighted by atomic mass is 35.5. The largest absolute Gasteiger partial charge is 0.176 e. The van der Waals surface area contributed by atoms with Crippen molar-refractivity contribution in [2.24, 2.45) is 4.51 Å². The number of hydrogen-bond acceptors (Lipinski definition) is 2. The van der Waals surface area contributed by atoms with Crippen molar-refractivity contribution < 1.29 is 0 Å². The summed E-state index contributed by atoms with van der Waals surface area (Å²) in [7, 11) is 0. The van der Waals surface area contributed by atoms with Gasteiger partial charge < -0.3 is 0 Å². The van der Waals surface area contributed by atoms with Crippen molar-refractivity contribution in [3.05, 3.63) is 0 Å². The van der Waals surface area contributed by atoms with Crippen LogP contribution in [-0.4, -0.2) is 10.8 Å². The standard InChI is InChI=1S/C4H6ClNS/c5-6-4-2-1-3-7-4/h1-3H2/b6-4+. The Hall–Kier alpha value is 0.310. The molecule has 0 spiro atoms. The van der Waals surface area contributed by atoms with E-state index in [9.17, 15) is 0 Å². The molecule has 0 saturated carbocycles. The highest BCUT2D eigenvalue weighted by Gasteiger charge is 2.06. The number of thioether (sulfide) groups is 1. The Balaban J connectivity index is 2.41. The summed E-state index contributed by atoms with van der Waals surface area (Å²) < 4.78 is 3.54. The molecule has 1 saturated heterocycles. The first-order valence-corrected chi connectivity index (χ1v) is 3.56. The zero-order valence-electron chi connectivity index (χ0n) is 3.85. The molecular formula is C4H6ClNS. The summed E-state index contributed by atoms with van der Waals surface area (Å²) in [4.78, 5) is 0. The summed E-state index contributed by atoms with van der Waals surface area (Å²) in [5.41, 5.74) is 0. The van der Waals surface area contributed by atoms with Gasteiger partial charge in [-0.3, -0.25) is 0 Å². The van der Waals surface area contributed by atoms with Crippen LogP contribution >= 0.6 is 23.5 Å². The van der Waals surface area contributed by atoms with Crippen LogP contribution in [-0.2, 0) is 0 Å². The molecule has 0 unspecified atom stereocenters. The lowest BCUT2D eigenvalue weighted by Gasteiger charge is -1.81. The van der Waals surface area contributed by atoms with E-state index in [0.29, 0.717) is 0 Å². The summed E-state index contributed by atoms with van der Waals surface area (Å²) in [6, 6.07) is 0. The van der Waals surface area contributed by atoms with Gasteiger partial charge >= 0.3 is 0 Å². The van der Waals surface area contributed by atoms with E-state index in [0.717, 1.165) is 11.5 Å². The van der Waals surface area contributed by atoms with Gasteiger partial charge in [0.2, 0.25) is 0 Å². The molecule has 0 aliphatic carbocycles. The van der Waals surface area contributed by atoms with E-state index in [1.54, 1.807) is 11.8 Å². The minimum atomic E-state index is 1.09. The van der Waals surface area contributed by atoms with E-state index < -0.39 is 0 Å². The van der Waals surface area contributed by atoms with Crippen LogP contribution in [0.5, 0.6) is 0 Å². The van der Waals surface area contributed by atoms with Crippen molar-refractivity contribution in [1.29, 1.82) is 0 Å². The molecule has 0 atom stereocenters. The molecule has 1 nitrogen and oxygen atoms in total. The predicted molar refractivity (Wildman–Crippen MR) is 35.0 cm³/mol. The van der Waals surface area contributed by atoms with E-state index in [1.165, 1.54) is 12.2 Å². The van der Waals surface area contributed by atoms with Crippen LogP contribution in [0.25, 0.3) is 0 Å². The molecule has 1 aliphatic heterocycles. The molecule has 1 fully saturated rings. The molecule has 0 bridgehead atoms. The Morgan fingerprint density at radius 3 is 2.86 bits per heavy atom. The average molecular weight is 136 g/mol.